The van der Waals surface area contributed by atoms with Crippen molar-refractivity contribution in [1.29, 1.82) is 0 Å². The second-order valence-electron chi connectivity index (χ2n) is 17.3. The Hall–Kier alpha value is -1.35. The third-order valence-electron chi connectivity index (χ3n) is 14.1. The highest BCUT2D eigenvalue weighted by Crippen LogP contribution is 2.73. The zero-order valence-electron chi connectivity index (χ0n) is 30.7. The summed E-state index contributed by atoms with van der Waals surface area (Å²) in [5, 5.41) is 19.4. The molecule has 0 aromatic heterocycles. The van der Waals surface area contributed by atoms with E-state index in [-0.39, 0.29) is 11.5 Å². The van der Waals surface area contributed by atoms with Crippen LogP contribution >= 0.6 is 0 Å². The summed E-state index contributed by atoms with van der Waals surface area (Å²) in [4.78, 5) is 10.5. The molecule has 0 heterocycles. The fourth-order valence-corrected chi connectivity index (χ4v) is 11.4. The number of carbonyl (C=O) groups is 1. The van der Waals surface area contributed by atoms with Gasteiger partial charge in [-0.1, -0.05) is 129 Å². The molecule has 0 bridgehead atoms. The van der Waals surface area contributed by atoms with Gasteiger partial charge in [0.05, 0.1) is 6.10 Å². The highest BCUT2D eigenvalue weighted by atomic mass is 16.4. The van der Waals surface area contributed by atoms with Crippen molar-refractivity contribution in [2.24, 2.45) is 45.8 Å². The largest absolute Gasteiger partial charge is 0.478 e. The van der Waals surface area contributed by atoms with E-state index >= 15 is 0 Å². The van der Waals surface area contributed by atoms with Gasteiger partial charge in [-0.25, -0.2) is 4.79 Å². The quantitative estimate of drug-likeness (QED) is 0.0842. The Balaban J connectivity index is 1.28. The Bertz CT molecular complexity index is 1040. The number of carboxylic acids is 1. The molecule has 2 N–H and O–H groups in total. The molecule has 4 aliphatic carbocycles. The van der Waals surface area contributed by atoms with Gasteiger partial charge in [0.1, 0.15) is 0 Å². The summed E-state index contributed by atoms with van der Waals surface area (Å²) in [7, 11) is 0. The van der Waals surface area contributed by atoms with Crippen molar-refractivity contribution in [3.05, 3.63) is 36.0 Å². The molecule has 3 saturated carbocycles. The van der Waals surface area contributed by atoms with E-state index in [0.717, 1.165) is 49.4 Å². The maximum atomic E-state index is 10.7. The number of aliphatic carboxylic acids is 1. The van der Waals surface area contributed by atoms with Crippen LogP contribution in [0.3, 0.4) is 0 Å². The summed E-state index contributed by atoms with van der Waals surface area (Å²) >= 11 is 0. The number of hydrogen-bond donors (Lipinski definition) is 2. The van der Waals surface area contributed by atoms with Crippen LogP contribution < -0.4 is 0 Å². The second kappa shape index (κ2) is 17.3. The Morgan fingerprint density at radius 1 is 0.848 bits per heavy atom. The first-order valence-corrected chi connectivity index (χ1v) is 20.0. The third kappa shape index (κ3) is 8.81. The zero-order valence-corrected chi connectivity index (χ0v) is 30.7. The summed E-state index contributed by atoms with van der Waals surface area (Å²) in [5.74, 6) is 3.09. The van der Waals surface area contributed by atoms with Crippen molar-refractivity contribution < 1.29 is 15.0 Å². The number of carboxylic acid groups (broad SMARTS) is 1. The van der Waals surface area contributed by atoms with Crippen molar-refractivity contribution in [1.82, 2.24) is 0 Å². The summed E-state index contributed by atoms with van der Waals surface area (Å²) in [5.41, 5.74) is 2.81. The van der Waals surface area contributed by atoms with E-state index in [2.05, 4.69) is 52.8 Å². The Kier molecular flexibility index (Phi) is 14.1. The zero-order chi connectivity index (χ0) is 33.2. The summed E-state index contributed by atoms with van der Waals surface area (Å²) in [6, 6.07) is 0. The lowest BCUT2D eigenvalue weighted by atomic mass is 9.39. The number of hydrogen-bond acceptors (Lipinski definition) is 2. The lowest BCUT2D eigenvalue weighted by Gasteiger charge is -2.66. The van der Waals surface area contributed by atoms with Crippen molar-refractivity contribution in [3.8, 4) is 0 Å². The van der Waals surface area contributed by atoms with E-state index in [4.69, 9.17) is 5.11 Å². The molecule has 262 valence electrons. The molecule has 0 aromatic rings. The molecule has 0 spiro atoms. The lowest BCUT2D eigenvalue weighted by Crippen LogP contribution is -2.58. The van der Waals surface area contributed by atoms with Crippen LogP contribution in [0.5, 0.6) is 0 Å². The van der Waals surface area contributed by atoms with Crippen molar-refractivity contribution >= 4 is 5.97 Å². The first kappa shape index (κ1) is 37.5. The van der Waals surface area contributed by atoms with Gasteiger partial charge in [0.15, 0.2) is 0 Å². The monoisotopic (exact) mass is 637 g/mol. The normalized spacial score (nSPS) is 34.9. The molecule has 4 aliphatic rings. The predicted octanol–water partition coefficient (Wildman–Crippen LogP) is 12.2. The van der Waals surface area contributed by atoms with E-state index in [9.17, 15) is 9.90 Å². The van der Waals surface area contributed by atoms with Gasteiger partial charge in [0.25, 0.3) is 0 Å². The van der Waals surface area contributed by atoms with Gasteiger partial charge in [0, 0.05) is 6.08 Å². The SMILES string of the molecule is CC(C)CC=C[C@@H](C)[C@H]1CC[C@H]2[C@@H]3CC=C4CC(O)CC[C@]4(C)C3(CCCCCCCCCCCCCC=CC(=O)O)CC[C@]12C. The summed E-state index contributed by atoms with van der Waals surface area (Å²) in [6.45, 7) is 12.5. The fourth-order valence-electron chi connectivity index (χ4n) is 11.4. The smallest absolute Gasteiger partial charge is 0.327 e. The molecule has 4 rings (SSSR count). The summed E-state index contributed by atoms with van der Waals surface area (Å²) in [6.07, 6.45) is 38.8. The van der Waals surface area contributed by atoms with E-state index < -0.39 is 5.97 Å². The minimum atomic E-state index is -0.835. The molecular weight excluding hydrogens is 564 g/mol. The van der Waals surface area contributed by atoms with Crippen LogP contribution in [0.15, 0.2) is 36.0 Å². The van der Waals surface area contributed by atoms with Crippen LogP contribution in [0.1, 0.15) is 176 Å². The van der Waals surface area contributed by atoms with E-state index in [0.29, 0.717) is 16.7 Å². The molecule has 8 atom stereocenters. The van der Waals surface area contributed by atoms with E-state index in [1.807, 2.05) is 0 Å². The third-order valence-corrected chi connectivity index (χ3v) is 14.1. The van der Waals surface area contributed by atoms with Gasteiger partial charge in [-0.3, -0.25) is 0 Å². The number of allylic oxidation sites excluding steroid dienone is 4. The lowest BCUT2D eigenvalue weighted by molar-refractivity contribution is -0.133. The Morgan fingerprint density at radius 2 is 1.50 bits per heavy atom. The van der Waals surface area contributed by atoms with Crippen molar-refractivity contribution in [2.75, 3.05) is 0 Å². The molecule has 3 nitrogen and oxygen atoms in total. The molecule has 0 aromatic carbocycles. The molecule has 0 aliphatic heterocycles. The molecule has 3 fully saturated rings. The van der Waals surface area contributed by atoms with Crippen LogP contribution in [0.25, 0.3) is 0 Å². The van der Waals surface area contributed by atoms with Crippen LogP contribution in [0.4, 0.5) is 0 Å². The highest BCUT2D eigenvalue weighted by Gasteiger charge is 2.65. The van der Waals surface area contributed by atoms with Crippen LogP contribution in [0, 0.1) is 45.8 Å². The topological polar surface area (TPSA) is 57.5 Å². The van der Waals surface area contributed by atoms with Crippen LogP contribution in [0.2, 0.25) is 0 Å². The first-order chi connectivity index (χ1) is 22.0. The maximum absolute atomic E-state index is 10.7. The van der Waals surface area contributed by atoms with Crippen LogP contribution in [-0.4, -0.2) is 22.3 Å². The number of aliphatic hydroxyl groups excluding tert-OH is 1. The second-order valence-corrected chi connectivity index (χ2v) is 17.3. The molecular formula is C43H72O3. The minimum Gasteiger partial charge on any atom is -0.478 e. The van der Waals surface area contributed by atoms with E-state index in [1.165, 1.54) is 122 Å². The molecule has 2 unspecified atom stereocenters. The van der Waals surface area contributed by atoms with Crippen molar-refractivity contribution in [3.63, 3.8) is 0 Å². The minimum absolute atomic E-state index is 0.128. The Labute approximate surface area is 284 Å². The van der Waals surface area contributed by atoms with Crippen molar-refractivity contribution in [2.45, 2.75) is 182 Å². The number of aliphatic hydroxyl groups is 1. The fraction of sp³-hybridized carbons (Fsp3) is 0.837. The standard InChI is InChI=1S/C43H72O3/c1-33(2)20-19-21-34(3)37-25-26-38-39-24-23-35-32-36(44)27-29-42(35,5)43(39,31-30-41(37,38)4)28-18-16-14-12-10-8-6-7-9-11-13-15-17-22-40(45)46/h17,19,21-23,33-34,36-39,44H,6-16,18,20,24-32H2,1-5H3,(H,45,46)/t34-,36?,37-,38+,39+,41-,42+,43?/m1/s1. The maximum Gasteiger partial charge on any atom is 0.327 e. The van der Waals surface area contributed by atoms with Gasteiger partial charge in [-0.15, -0.1) is 0 Å². The van der Waals surface area contributed by atoms with E-state index in [1.54, 1.807) is 11.6 Å². The predicted molar refractivity (Wildman–Crippen MR) is 195 cm³/mol. The number of fused-ring (bicyclic) bond motifs is 5. The molecule has 0 saturated heterocycles. The summed E-state index contributed by atoms with van der Waals surface area (Å²) < 4.78 is 0. The molecule has 0 radical (unpaired) electrons. The average molecular weight is 637 g/mol. The number of rotatable bonds is 19. The van der Waals surface area contributed by atoms with Gasteiger partial charge in [-0.2, -0.15) is 0 Å². The number of unbranched alkanes of at least 4 members (excludes halogenated alkanes) is 11. The first-order valence-electron chi connectivity index (χ1n) is 20.0. The van der Waals surface area contributed by atoms with Gasteiger partial charge in [0.2, 0.25) is 0 Å². The molecule has 0 amide bonds. The van der Waals surface area contributed by atoms with Crippen LogP contribution in [-0.2, 0) is 4.79 Å². The Morgan fingerprint density at radius 3 is 2.15 bits per heavy atom. The van der Waals surface area contributed by atoms with Gasteiger partial charge in [-0.05, 0) is 123 Å². The van der Waals surface area contributed by atoms with Gasteiger partial charge >= 0.3 is 5.97 Å². The molecule has 46 heavy (non-hydrogen) atoms. The average Bonchev–Trinajstić information content (AvgIpc) is 3.36. The molecule has 3 heteroatoms. The highest BCUT2D eigenvalue weighted by molar-refractivity contribution is 5.79. The van der Waals surface area contributed by atoms with Gasteiger partial charge < -0.3 is 10.2 Å².